The molecule has 0 saturated carbocycles. The summed E-state index contributed by atoms with van der Waals surface area (Å²) in [7, 11) is 0. The van der Waals surface area contributed by atoms with Gasteiger partial charge in [0, 0.05) is 12.0 Å². The summed E-state index contributed by atoms with van der Waals surface area (Å²) in [4.78, 5) is 0. The van der Waals surface area contributed by atoms with E-state index in [2.05, 4.69) is 45.0 Å². The molecule has 3 N–H and O–H groups in total. The van der Waals surface area contributed by atoms with Crippen molar-refractivity contribution >= 4 is 0 Å². The quantitative estimate of drug-likeness (QED) is 0.780. The van der Waals surface area contributed by atoms with Crippen LogP contribution < -0.4 is 5.73 Å². The maximum atomic E-state index is 9.86. The first-order valence-electron chi connectivity index (χ1n) is 6.96. The summed E-state index contributed by atoms with van der Waals surface area (Å²) in [6, 6.07) is 8.38. The lowest BCUT2D eigenvalue weighted by Gasteiger charge is -2.34. The average Bonchev–Trinajstić information content (AvgIpc) is 2.36. The second-order valence-corrected chi connectivity index (χ2v) is 5.61. The predicted molar refractivity (Wildman–Crippen MR) is 77.7 cm³/mol. The Morgan fingerprint density at radius 1 is 1.39 bits per heavy atom. The molecular weight excluding hydrogens is 222 g/mol. The molecule has 0 fully saturated rings. The standard InChI is InChI=1S/C16H27NO/c1-4-6-14(3)10-16(11-17,12-18)15-8-5-7-13(2)9-15/h5,7-9,14,18H,4,6,10-12,17H2,1-3H3. The molecule has 0 aliphatic rings. The Hall–Kier alpha value is -0.860. The van der Waals surface area contributed by atoms with Gasteiger partial charge in [-0.3, -0.25) is 0 Å². The van der Waals surface area contributed by atoms with Gasteiger partial charge in [-0.25, -0.2) is 0 Å². The Labute approximate surface area is 111 Å². The molecule has 0 aromatic heterocycles. The van der Waals surface area contributed by atoms with E-state index < -0.39 is 0 Å². The van der Waals surface area contributed by atoms with Crippen molar-refractivity contribution in [2.24, 2.45) is 11.7 Å². The third-order valence-electron chi connectivity index (χ3n) is 3.84. The largest absolute Gasteiger partial charge is 0.395 e. The second kappa shape index (κ2) is 6.91. The van der Waals surface area contributed by atoms with Crippen LogP contribution in [0.2, 0.25) is 0 Å². The van der Waals surface area contributed by atoms with Crippen LogP contribution in [0, 0.1) is 12.8 Å². The first kappa shape index (κ1) is 15.2. The molecule has 0 spiro atoms. The van der Waals surface area contributed by atoms with Crippen LogP contribution in [0.3, 0.4) is 0 Å². The molecule has 0 bridgehead atoms. The fourth-order valence-corrected chi connectivity index (χ4v) is 2.78. The van der Waals surface area contributed by atoms with Gasteiger partial charge >= 0.3 is 0 Å². The van der Waals surface area contributed by atoms with E-state index >= 15 is 0 Å². The van der Waals surface area contributed by atoms with E-state index in [1.807, 2.05) is 0 Å². The van der Waals surface area contributed by atoms with Crippen molar-refractivity contribution in [3.63, 3.8) is 0 Å². The summed E-state index contributed by atoms with van der Waals surface area (Å²) in [5.74, 6) is 0.589. The van der Waals surface area contributed by atoms with E-state index in [-0.39, 0.29) is 12.0 Å². The van der Waals surface area contributed by atoms with Crippen molar-refractivity contribution < 1.29 is 5.11 Å². The Kier molecular flexibility index (Phi) is 5.83. The lowest BCUT2D eigenvalue weighted by Crippen LogP contribution is -2.40. The van der Waals surface area contributed by atoms with E-state index in [1.165, 1.54) is 24.0 Å². The number of hydrogen-bond donors (Lipinski definition) is 2. The van der Waals surface area contributed by atoms with Gasteiger partial charge in [-0.15, -0.1) is 0 Å². The maximum Gasteiger partial charge on any atom is 0.0540 e. The Balaban J connectivity index is 2.99. The molecule has 0 amide bonds. The van der Waals surface area contributed by atoms with Gasteiger partial charge in [0.2, 0.25) is 0 Å². The molecule has 2 unspecified atom stereocenters. The maximum absolute atomic E-state index is 9.86. The molecule has 1 aromatic carbocycles. The van der Waals surface area contributed by atoms with Crippen molar-refractivity contribution in [3.8, 4) is 0 Å². The summed E-state index contributed by atoms with van der Waals surface area (Å²) in [5.41, 5.74) is 8.11. The lowest BCUT2D eigenvalue weighted by atomic mass is 9.73. The Bertz CT molecular complexity index is 358. The Morgan fingerprint density at radius 2 is 2.11 bits per heavy atom. The van der Waals surface area contributed by atoms with Gasteiger partial charge in [-0.05, 0) is 24.8 Å². The number of hydrogen-bond acceptors (Lipinski definition) is 2. The van der Waals surface area contributed by atoms with Gasteiger partial charge in [-0.1, -0.05) is 56.5 Å². The topological polar surface area (TPSA) is 46.2 Å². The van der Waals surface area contributed by atoms with Crippen molar-refractivity contribution in [2.45, 2.75) is 45.4 Å². The van der Waals surface area contributed by atoms with Gasteiger partial charge < -0.3 is 10.8 Å². The molecule has 0 saturated heterocycles. The number of benzene rings is 1. The second-order valence-electron chi connectivity index (χ2n) is 5.61. The van der Waals surface area contributed by atoms with Crippen LogP contribution in [0.5, 0.6) is 0 Å². The SMILES string of the molecule is CCCC(C)CC(CN)(CO)c1cccc(C)c1. The molecule has 0 radical (unpaired) electrons. The van der Waals surface area contributed by atoms with Crippen LogP contribution >= 0.6 is 0 Å². The molecule has 0 aliphatic heterocycles. The molecule has 18 heavy (non-hydrogen) atoms. The highest BCUT2D eigenvalue weighted by Gasteiger charge is 2.31. The first-order valence-corrected chi connectivity index (χ1v) is 6.96. The number of aliphatic hydroxyl groups is 1. The summed E-state index contributed by atoms with van der Waals surface area (Å²) in [6.07, 6.45) is 3.33. The van der Waals surface area contributed by atoms with Gasteiger partial charge in [-0.2, -0.15) is 0 Å². The van der Waals surface area contributed by atoms with Crippen molar-refractivity contribution in [2.75, 3.05) is 13.2 Å². The number of rotatable bonds is 7. The molecule has 2 heteroatoms. The smallest absolute Gasteiger partial charge is 0.0540 e. The van der Waals surface area contributed by atoms with Crippen LogP contribution in [0.1, 0.15) is 44.2 Å². The summed E-state index contributed by atoms with van der Waals surface area (Å²) < 4.78 is 0. The lowest BCUT2D eigenvalue weighted by molar-refractivity contribution is 0.169. The van der Waals surface area contributed by atoms with Gasteiger partial charge in [0.1, 0.15) is 0 Å². The minimum absolute atomic E-state index is 0.126. The van der Waals surface area contributed by atoms with E-state index in [0.29, 0.717) is 12.5 Å². The van der Waals surface area contributed by atoms with E-state index in [4.69, 9.17) is 5.73 Å². The average molecular weight is 249 g/mol. The molecule has 102 valence electrons. The van der Waals surface area contributed by atoms with Crippen LogP contribution in [-0.2, 0) is 5.41 Å². The summed E-state index contributed by atoms with van der Waals surface area (Å²) >= 11 is 0. The zero-order chi connectivity index (χ0) is 13.6. The van der Waals surface area contributed by atoms with Crippen molar-refractivity contribution in [1.29, 1.82) is 0 Å². The van der Waals surface area contributed by atoms with Crippen molar-refractivity contribution in [3.05, 3.63) is 35.4 Å². The van der Waals surface area contributed by atoms with Gasteiger partial charge in [0.25, 0.3) is 0 Å². The molecule has 2 atom stereocenters. The number of aliphatic hydroxyl groups excluding tert-OH is 1. The zero-order valence-corrected chi connectivity index (χ0v) is 11.9. The first-order chi connectivity index (χ1) is 8.57. The third-order valence-corrected chi connectivity index (χ3v) is 3.84. The molecule has 1 rings (SSSR count). The zero-order valence-electron chi connectivity index (χ0n) is 11.9. The number of aryl methyl sites for hydroxylation is 1. The minimum Gasteiger partial charge on any atom is -0.395 e. The monoisotopic (exact) mass is 249 g/mol. The highest BCUT2D eigenvalue weighted by molar-refractivity contribution is 5.30. The fourth-order valence-electron chi connectivity index (χ4n) is 2.78. The van der Waals surface area contributed by atoms with Crippen LogP contribution in [-0.4, -0.2) is 18.3 Å². The van der Waals surface area contributed by atoms with Crippen LogP contribution in [0.4, 0.5) is 0 Å². The molecule has 0 aliphatic carbocycles. The van der Waals surface area contributed by atoms with E-state index in [1.54, 1.807) is 0 Å². The molecule has 0 heterocycles. The minimum atomic E-state index is -0.277. The van der Waals surface area contributed by atoms with Crippen LogP contribution in [0.15, 0.2) is 24.3 Å². The van der Waals surface area contributed by atoms with Crippen LogP contribution in [0.25, 0.3) is 0 Å². The molecular formula is C16H27NO. The normalized spacial score (nSPS) is 16.3. The Morgan fingerprint density at radius 3 is 2.61 bits per heavy atom. The number of nitrogens with two attached hydrogens (primary N) is 1. The summed E-state index contributed by atoms with van der Waals surface area (Å²) in [6.45, 7) is 7.16. The van der Waals surface area contributed by atoms with E-state index in [9.17, 15) is 5.11 Å². The van der Waals surface area contributed by atoms with Gasteiger partial charge in [0.15, 0.2) is 0 Å². The molecule has 1 aromatic rings. The van der Waals surface area contributed by atoms with Crippen molar-refractivity contribution in [1.82, 2.24) is 0 Å². The van der Waals surface area contributed by atoms with E-state index in [0.717, 1.165) is 6.42 Å². The fraction of sp³-hybridized carbons (Fsp3) is 0.625. The highest BCUT2D eigenvalue weighted by Crippen LogP contribution is 2.32. The van der Waals surface area contributed by atoms with Gasteiger partial charge in [0.05, 0.1) is 6.61 Å². The third kappa shape index (κ3) is 3.56. The highest BCUT2D eigenvalue weighted by atomic mass is 16.3. The summed E-state index contributed by atoms with van der Waals surface area (Å²) in [5, 5.41) is 9.86. The molecule has 2 nitrogen and oxygen atoms in total. The predicted octanol–water partition coefficient (Wildman–Crippen LogP) is 3.01.